The fourth-order valence-corrected chi connectivity index (χ4v) is 4.85. The van der Waals surface area contributed by atoms with E-state index in [-0.39, 0.29) is 30.0 Å². The summed E-state index contributed by atoms with van der Waals surface area (Å²) < 4.78 is 21.5. The fraction of sp³-hybridized carbons (Fsp3) is 0.391. The number of nitriles is 1. The Morgan fingerprint density at radius 3 is 2.94 bits per heavy atom. The highest BCUT2D eigenvalue weighted by atomic mass is 35.5. The summed E-state index contributed by atoms with van der Waals surface area (Å²) >= 11 is 6.37. The molecule has 0 aliphatic carbocycles. The monoisotopic (exact) mass is 496 g/mol. The second-order valence-electron chi connectivity index (χ2n) is 8.61. The molecule has 2 aromatic heterocycles. The molecule has 2 saturated heterocycles. The summed E-state index contributed by atoms with van der Waals surface area (Å²) in [4.78, 5) is 21.5. The van der Waals surface area contributed by atoms with Gasteiger partial charge < -0.3 is 9.64 Å². The first-order chi connectivity index (χ1) is 16.9. The lowest BCUT2D eigenvalue weighted by Crippen LogP contribution is -2.59. The molecule has 5 rings (SSSR count). The Labute approximate surface area is 205 Å². The van der Waals surface area contributed by atoms with Gasteiger partial charge in [0.05, 0.1) is 53.3 Å². The first kappa shape index (κ1) is 23.3. The van der Waals surface area contributed by atoms with E-state index >= 15 is 0 Å². The van der Waals surface area contributed by atoms with Crippen molar-refractivity contribution in [3.63, 3.8) is 0 Å². The number of nitrogens with zero attached hydrogens (tertiary/aromatic N) is 8. The lowest BCUT2D eigenvalue weighted by atomic mass is 9.96. The average molecular weight is 497 g/mol. The van der Waals surface area contributed by atoms with E-state index in [1.807, 2.05) is 11.0 Å². The maximum atomic E-state index is 13.9. The van der Waals surface area contributed by atoms with E-state index in [4.69, 9.17) is 16.3 Å². The van der Waals surface area contributed by atoms with Crippen LogP contribution in [-0.2, 0) is 16.0 Å². The van der Waals surface area contributed by atoms with Gasteiger partial charge >= 0.3 is 0 Å². The number of halogens is 2. The summed E-state index contributed by atoms with van der Waals surface area (Å²) in [5, 5.41) is 20.6. The van der Waals surface area contributed by atoms with E-state index in [2.05, 4.69) is 25.4 Å². The molecule has 4 heterocycles. The molecular weight excluding hydrogens is 475 g/mol. The van der Waals surface area contributed by atoms with Gasteiger partial charge in [-0.25, -0.2) is 4.39 Å². The minimum atomic E-state index is -0.519. The number of morpholine rings is 1. The molecule has 2 atom stereocenters. The smallest absolute Gasteiger partial charge is 0.228 e. The number of ether oxygens (including phenoxy) is 1. The van der Waals surface area contributed by atoms with Crippen molar-refractivity contribution in [1.82, 2.24) is 35.0 Å². The van der Waals surface area contributed by atoms with E-state index in [0.29, 0.717) is 54.8 Å². The van der Waals surface area contributed by atoms with Gasteiger partial charge in [-0.05, 0) is 40.6 Å². The number of carbonyl (C=O) groups excluding carboxylic acids is 1. The molecule has 0 N–H and O–H groups in total. The van der Waals surface area contributed by atoms with Gasteiger partial charge in [-0.3, -0.25) is 14.7 Å². The normalized spacial score (nSPS) is 20.3. The summed E-state index contributed by atoms with van der Waals surface area (Å²) in [7, 11) is 0. The second-order valence-corrected chi connectivity index (χ2v) is 9.02. The van der Waals surface area contributed by atoms with Crippen LogP contribution in [-0.4, -0.2) is 79.7 Å². The molecule has 3 aromatic rings. The van der Waals surface area contributed by atoms with Crippen LogP contribution in [0.3, 0.4) is 0 Å². The molecule has 35 heavy (non-hydrogen) atoms. The molecule has 2 unspecified atom stereocenters. The zero-order valence-corrected chi connectivity index (χ0v) is 19.7. The number of hydrogen-bond donors (Lipinski definition) is 0. The highest BCUT2D eigenvalue weighted by molar-refractivity contribution is 6.31. The molecule has 0 bridgehead atoms. The number of fused-ring (bicyclic) bond motifs is 1. The maximum Gasteiger partial charge on any atom is 0.228 e. The van der Waals surface area contributed by atoms with Crippen molar-refractivity contribution in [2.75, 3.05) is 32.8 Å². The van der Waals surface area contributed by atoms with Crippen LogP contribution in [0, 0.1) is 24.1 Å². The van der Waals surface area contributed by atoms with Crippen LogP contribution in [0.4, 0.5) is 4.39 Å². The largest absolute Gasteiger partial charge is 0.370 e. The molecule has 10 nitrogen and oxygen atoms in total. The molecule has 2 aliphatic rings. The molecule has 180 valence electrons. The number of rotatable bonds is 4. The number of carbonyl (C=O) groups is 1. The number of aromatic nitrogens is 5. The predicted molar refractivity (Wildman–Crippen MR) is 122 cm³/mol. The Morgan fingerprint density at radius 1 is 1.34 bits per heavy atom. The molecule has 12 heteroatoms. The third kappa shape index (κ3) is 4.60. The zero-order valence-electron chi connectivity index (χ0n) is 18.9. The Balaban J connectivity index is 1.21. The van der Waals surface area contributed by atoms with Crippen molar-refractivity contribution in [3.8, 4) is 11.8 Å². The topological polar surface area (TPSA) is 113 Å². The van der Waals surface area contributed by atoms with Gasteiger partial charge in [-0.2, -0.15) is 9.94 Å². The minimum Gasteiger partial charge on any atom is -0.370 e. The van der Waals surface area contributed by atoms with Crippen molar-refractivity contribution in [1.29, 1.82) is 5.26 Å². The number of hydrogen-bond acceptors (Lipinski definition) is 8. The maximum absolute atomic E-state index is 13.9. The van der Waals surface area contributed by atoms with E-state index < -0.39 is 5.82 Å². The van der Waals surface area contributed by atoms with Gasteiger partial charge in [-0.15, -0.1) is 5.10 Å². The molecule has 0 spiro atoms. The Morgan fingerprint density at radius 2 is 2.20 bits per heavy atom. The SMILES string of the molecule is Cc1c(C2CN3CCN(C(=O)Cc4ncc(-n5cnnn5)cc4Cl)CC3CO2)ccc(F)c1C#N. The van der Waals surface area contributed by atoms with Crippen molar-refractivity contribution in [2.24, 2.45) is 0 Å². The molecular formula is C23H22ClFN8O2. The fourth-order valence-electron chi connectivity index (χ4n) is 4.63. The quantitative estimate of drug-likeness (QED) is 0.538. The number of pyridine rings is 1. The Kier molecular flexibility index (Phi) is 6.42. The van der Waals surface area contributed by atoms with Crippen molar-refractivity contribution < 1.29 is 13.9 Å². The van der Waals surface area contributed by atoms with E-state index in [1.54, 1.807) is 25.3 Å². The molecule has 2 aliphatic heterocycles. The molecule has 2 fully saturated rings. The van der Waals surface area contributed by atoms with Gasteiger partial charge in [0.1, 0.15) is 18.2 Å². The Bertz CT molecular complexity index is 1300. The van der Waals surface area contributed by atoms with E-state index in [1.165, 1.54) is 17.1 Å². The first-order valence-corrected chi connectivity index (χ1v) is 11.5. The standard InChI is InChI=1S/C23H22ClFN8O2/c1-14-17(2-3-20(25)18(14)8-26)22-11-31-4-5-32(10-16(31)12-35-22)23(34)7-21-19(24)6-15(9-27-21)33-13-28-29-30-33/h2-3,6,9,13,16,22H,4-5,7,10-12H2,1H3. The highest BCUT2D eigenvalue weighted by Gasteiger charge is 2.36. The average Bonchev–Trinajstić information content (AvgIpc) is 3.40. The summed E-state index contributed by atoms with van der Waals surface area (Å²) in [6, 6.07) is 6.69. The summed E-state index contributed by atoms with van der Waals surface area (Å²) in [5.74, 6) is -0.571. The summed E-state index contributed by atoms with van der Waals surface area (Å²) in [5.41, 5.74) is 2.60. The van der Waals surface area contributed by atoms with Crippen molar-refractivity contribution >= 4 is 17.5 Å². The minimum absolute atomic E-state index is 0.0515. The number of benzene rings is 1. The van der Waals surface area contributed by atoms with E-state index in [0.717, 1.165) is 5.56 Å². The van der Waals surface area contributed by atoms with Crippen LogP contribution in [0.2, 0.25) is 5.02 Å². The Hall–Kier alpha value is -3.46. The van der Waals surface area contributed by atoms with E-state index in [9.17, 15) is 14.4 Å². The predicted octanol–water partition coefficient (Wildman–Crippen LogP) is 1.86. The zero-order chi connectivity index (χ0) is 24.5. The second kappa shape index (κ2) is 9.65. The van der Waals surface area contributed by atoms with Crippen LogP contribution in [0.25, 0.3) is 5.69 Å². The van der Waals surface area contributed by atoms with Gasteiger partial charge in [0.15, 0.2) is 0 Å². The number of piperazine rings is 1. The highest BCUT2D eigenvalue weighted by Crippen LogP contribution is 2.31. The van der Waals surface area contributed by atoms with Gasteiger partial charge in [-0.1, -0.05) is 17.7 Å². The molecule has 1 amide bonds. The van der Waals surface area contributed by atoms with Crippen molar-refractivity contribution in [2.45, 2.75) is 25.5 Å². The van der Waals surface area contributed by atoms with Crippen molar-refractivity contribution in [3.05, 3.63) is 63.9 Å². The lowest BCUT2D eigenvalue weighted by molar-refractivity contribution is -0.139. The van der Waals surface area contributed by atoms with Crippen LogP contribution in [0.5, 0.6) is 0 Å². The summed E-state index contributed by atoms with van der Waals surface area (Å²) in [6.07, 6.45) is 2.86. The third-order valence-corrected chi connectivity index (χ3v) is 6.92. The number of amides is 1. The van der Waals surface area contributed by atoms with Gasteiger partial charge in [0, 0.05) is 26.2 Å². The van der Waals surface area contributed by atoms with Crippen LogP contribution in [0.1, 0.15) is 28.5 Å². The van der Waals surface area contributed by atoms with Gasteiger partial charge in [0.2, 0.25) is 5.91 Å². The molecule has 0 saturated carbocycles. The van der Waals surface area contributed by atoms with Crippen LogP contribution in [0.15, 0.2) is 30.7 Å². The molecule has 1 aromatic carbocycles. The van der Waals surface area contributed by atoms with Gasteiger partial charge in [0.25, 0.3) is 0 Å². The number of tetrazole rings is 1. The lowest BCUT2D eigenvalue weighted by Gasteiger charge is -2.46. The summed E-state index contributed by atoms with van der Waals surface area (Å²) in [6.45, 7) is 4.62. The molecule has 0 radical (unpaired) electrons. The van der Waals surface area contributed by atoms with Crippen LogP contribution >= 0.6 is 11.6 Å². The third-order valence-electron chi connectivity index (χ3n) is 6.60. The first-order valence-electron chi connectivity index (χ1n) is 11.1. The van der Waals surface area contributed by atoms with Crippen LogP contribution < -0.4 is 0 Å².